The highest BCUT2D eigenvalue weighted by Crippen LogP contribution is 2.36. The van der Waals surface area contributed by atoms with Crippen molar-refractivity contribution in [3.8, 4) is 11.8 Å². The largest absolute Gasteiger partial charge is 0.437 e. The molecule has 7 heteroatoms. The van der Waals surface area contributed by atoms with Crippen molar-refractivity contribution in [2.45, 2.75) is 31.9 Å². The highest BCUT2D eigenvalue weighted by atomic mass is 79.9. The van der Waals surface area contributed by atoms with E-state index >= 15 is 0 Å². The lowest BCUT2D eigenvalue weighted by atomic mass is 9.84. The predicted molar refractivity (Wildman–Crippen MR) is 84.5 cm³/mol. The number of esters is 1. The minimum atomic E-state index is -2.01. The zero-order chi connectivity index (χ0) is 17.0. The first-order chi connectivity index (χ1) is 10.1. The number of hydrogen-bond donors (Lipinski definition) is 0. The van der Waals surface area contributed by atoms with Crippen LogP contribution in [0.3, 0.4) is 0 Å². The van der Waals surface area contributed by atoms with Crippen LogP contribution < -0.4 is 4.74 Å². The molecule has 0 aliphatic carbocycles. The minimum Gasteiger partial charge on any atom is -0.437 e. The monoisotopic (exact) mass is 387 g/mol. The van der Waals surface area contributed by atoms with Gasteiger partial charge in [-0.1, -0.05) is 25.4 Å². The number of hydrogen-bond acceptors (Lipinski definition) is 5. The van der Waals surface area contributed by atoms with Gasteiger partial charge in [0.1, 0.15) is 5.75 Å². The third-order valence-corrected chi connectivity index (χ3v) is 3.68. The average molecular weight is 389 g/mol. The Balaban J connectivity index is 3.14. The summed E-state index contributed by atoms with van der Waals surface area (Å²) >= 11 is 8.84. The number of ketones is 1. The molecule has 0 saturated carbocycles. The molecule has 0 amide bonds. The van der Waals surface area contributed by atoms with Crippen molar-refractivity contribution >= 4 is 39.3 Å². The molecular weight excluding hydrogens is 374 g/mol. The highest BCUT2D eigenvalue weighted by molar-refractivity contribution is 9.10. The van der Waals surface area contributed by atoms with E-state index < -0.39 is 21.9 Å². The number of carbonyl (C=O) groups excluding carboxylic acids is 2. The number of nitriles is 1. The summed E-state index contributed by atoms with van der Waals surface area (Å²) in [6, 6.07) is 8.14. The number of Topliss-reactive ketones (excluding diaryl/α,β-unsaturated/α-hetero) is 1. The molecule has 0 heterocycles. The summed E-state index contributed by atoms with van der Waals surface area (Å²) in [6.07, 6.45) is -0.0512. The lowest BCUT2D eigenvalue weighted by Gasteiger charge is -2.32. The zero-order valence-electron chi connectivity index (χ0n) is 12.4. The quantitative estimate of drug-likeness (QED) is 0.420. The molecule has 0 saturated heterocycles. The summed E-state index contributed by atoms with van der Waals surface area (Å²) in [5, 5.41) is 9.33. The number of rotatable bonds is 6. The van der Waals surface area contributed by atoms with E-state index in [4.69, 9.17) is 26.3 Å². The van der Waals surface area contributed by atoms with Crippen molar-refractivity contribution < 1.29 is 19.1 Å². The molecule has 0 spiro atoms. The van der Waals surface area contributed by atoms with Gasteiger partial charge in [-0.25, -0.2) is 0 Å². The van der Waals surface area contributed by atoms with Gasteiger partial charge in [0.25, 0.3) is 0 Å². The van der Waals surface area contributed by atoms with Crippen molar-refractivity contribution in [3.05, 3.63) is 29.3 Å². The lowest BCUT2D eigenvalue weighted by molar-refractivity contribution is -0.179. The van der Waals surface area contributed by atoms with E-state index in [2.05, 4.69) is 15.9 Å². The van der Waals surface area contributed by atoms with Crippen molar-refractivity contribution in [3.63, 3.8) is 0 Å². The number of nitrogens with zero attached hydrogens (tertiary/aromatic N) is 1. The van der Waals surface area contributed by atoms with Gasteiger partial charge in [0.05, 0.1) is 6.07 Å². The Morgan fingerprint density at radius 2 is 1.86 bits per heavy atom. The number of benzene rings is 1. The molecule has 0 radical (unpaired) electrons. The van der Waals surface area contributed by atoms with Gasteiger partial charge in [-0.05, 0) is 24.3 Å². The van der Waals surface area contributed by atoms with Gasteiger partial charge >= 0.3 is 10.7 Å². The lowest BCUT2D eigenvalue weighted by Crippen LogP contribution is -2.49. The molecule has 0 N–H and O–H groups in total. The standard InChI is InChI=1S/C15H15BrClNO4/c1-10(19)21-15(16,13(20)14(2,3)8-9-18)22-12-6-4-11(17)5-7-12/h4-7H,8H2,1-3H3. The first-order valence-electron chi connectivity index (χ1n) is 6.35. The fraction of sp³-hybridized carbons (Fsp3) is 0.400. The second kappa shape index (κ2) is 7.12. The van der Waals surface area contributed by atoms with Gasteiger partial charge < -0.3 is 9.47 Å². The number of ether oxygens (including phenoxy) is 2. The van der Waals surface area contributed by atoms with Gasteiger partial charge in [-0.3, -0.25) is 9.59 Å². The molecular formula is C15H15BrClNO4. The summed E-state index contributed by atoms with van der Waals surface area (Å²) in [6.45, 7) is 4.30. The SMILES string of the molecule is CC(=O)OC(Br)(Oc1ccc(Cl)cc1)C(=O)C(C)(C)CC#N. The van der Waals surface area contributed by atoms with Gasteiger partial charge in [0.2, 0.25) is 5.78 Å². The molecule has 5 nitrogen and oxygen atoms in total. The Bertz CT molecular complexity index is 609. The molecule has 1 unspecified atom stereocenters. The summed E-state index contributed by atoms with van der Waals surface area (Å²) in [4.78, 5) is 24.0. The van der Waals surface area contributed by atoms with Crippen LogP contribution in [0.4, 0.5) is 0 Å². The van der Waals surface area contributed by atoms with Crippen LogP contribution in [-0.4, -0.2) is 16.4 Å². The van der Waals surface area contributed by atoms with Gasteiger partial charge in [-0.2, -0.15) is 5.26 Å². The second-order valence-corrected chi connectivity index (χ2v) is 6.71. The Morgan fingerprint density at radius 3 is 2.32 bits per heavy atom. The Kier molecular flexibility index (Phi) is 5.98. The van der Waals surface area contributed by atoms with Crippen LogP contribution in [-0.2, 0) is 14.3 Å². The van der Waals surface area contributed by atoms with Crippen LogP contribution in [0.5, 0.6) is 5.75 Å². The first-order valence-corrected chi connectivity index (χ1v) is 7.53. The summed E-state index contributed by atoms with van der Waals surface area (Å²) in [7, 11) is 0. The Labute approximate surface area is 142 Å². The minimum absolute atomic E-state index is 0.0512. The molecule has 0 aliphatic heterocycles. The molecule has 1 aromatic carbocycles. The molecule has 1 rings (SSSR count). The van der Waals surface area contributed by atoms with E-state index in [0.29, 0.717) is 5.02 Å². The fourth-order valence-corrected chi connectivity index (χ4v) is 2.71. The van der Waals surface area contributed by atoms with Crippen LogP contribution in [0.2, 0.25) is 5.02 Å². The third kappa shape index (κ3) is 4.72. The van der Waals surface area contributed by atoms with Gasteiger partial charge in [-0.15, -0.1) is 0 Å². The van der Waals surface area contributed by atoms with Crippen LogP contribution >= 0.6 is 27.5 Å². The van der Waals surface area contributed by atoms with Crippen LogP contribution in [0, 0.1) is 16.7 Å². The molecule has 0 fully saturated rings. The molecule has 0 aliphatic rings. The van der Waals surface area contributed by atoms with Crippen molar-refractivity contribution in [2.24, 2.45) is 5.41 Å². The van der Waals surface area contributed by atoms with E-state index in [9.17, 15) is 9.59 Å². The van der Waals surface area contributed by atoms with Gasteiger partial charge in [0.15, 0.2) is 0 Å². The van der Waals surface area contributed by atoms with Crippen molar-refractivity contribution in [1.82, 2.24) is 0 Å². The summed E-state index contributed by atoms with van der Waals surface area (Å²) in [5.74, 6) is -0.998. The summed E-state index contributed by atoms with van der Waals surface area (Å²) in [5.41, 5.74) is -1.07. The van der Waals surface area contributed by atoms with Crippen molar-refractivity contribution in [1.29, 1.82) is 5.26 Å². The first kappa shape index (κ1) is 18.5. The maximum Gasteiger partial charge on any atom is 0.373 e. The van der Waals surface area contributed by atoms with Crippen LogP contribution in [0.1, 0.15) is 27.2 Å². The van der Waals surface area contributed by atoms with E-state index in [1.165, 1.54) is 12.1 Å². The Hall–Kier alpha value is -1.58. The second-order valence-electron chi connectivity index (χ2n) is 5.23. The molecule has 22 heavy (non-hydrogen) atoms. The highest BCUT2D eigenvalue weighted by Gasteiger charge is 2.49. The Morgan fingerprint density at radius 1 is 1.32 bits per heavy atom. The maximum absolute atomic E-state index is 12.7. The van der Waals surface area contributed by atoms with E-state index in [1.807, 2.05) is 6.07 Å². The van der Waals surface area contributed by atoms with Crippen molar-refractivity contribution in [2.75, 3.05) is 0 Å². The normalized spacial score (nSPS) is 13.6. The molecule has 0 aromatic heterocycles. The molecule has 118 valence electrons. The van der Waals surface area contributed by atoms with E-state index in [-0.39, 0.29) is 12.2 Å². The smallest absolute Gasteiger partial charge is 0.373 e. The van der Waals surface area contributed by atoms with Crippen LogP contribution in [0.25, 0.3) is 0 Å². The average Bonchev–Trinajstić information content (AvgIpc) is 2.39. The third-order valence-electron chi connectivity index (χ3n) is 2.74. The predicted octanol–water partition coefficient (Wildman–Crippen LogP) is 3.84. The molecule has 1 aromatic rings. The zero-order valence-corrected chi connectivity index (χ0v) is 14.7. The fourth-order valence-electron chi connectivity index (χ4n) is 1.63. The molecule has 1 atom stereocenters. The molecule has 0 bridgehead atoms. The van der Waals surface area contributed by atoms with E-state index in [1.54, 1.807) is 26.0 Å². The number of halogens is 2. The summed E-state index contributed by atoms with van der Waals surface area (Å²) < 4.78 is 8.54. The number of alkyl halides is 1. The van der Waals surface area contributed by atoms with Gasteiger partial charge in [0, 0.05) is 39.7 Å². The number of carbonyl (C=O) groups is 2. The maximum atomic E-state index is 12.7. The topological polar surface area (TPSA) is 76.4 Å². The van der Waals surface area contributed by atoms with E-state index in [0.717, 1.165) is 6.92 Å². The van der Waals surface area contributed by atoms with Crippen LogP contribution in [0.15, 0.2) is 24.3 Å².